The molecule has 2 aromatic carbocycles. The lowest BCUT2D eigenvalue weighted by molar-refractivity contribution is 0.113. The molecule has 0 bridgehead atoms. The van der Waals surface area contributed by atoms with Gasteiger partial charge < -0.3 is 4.74 Å². The van der Waals surface area contributed by atoms with E-state index >= 15 is 0 Å². The van der Waals surface area contributed by atoms with E-state index in [0.717, 1.165) is 25.2 Å². The van der Waals surface area contributed by atoms with Crippen LogP contribution in [0, 0.1) is 0 Å². The number of methoxy groups -OCH3 is 1. The zero-order valence-corrected chi connectivity index (χ0v) is 20.3. The van der Waals surface area contributed by atoms with Gasteiger partial charge in [0.05, 0.1) is 28.8 Å². The third-order valence-corrected chi connectivity index (χ3v) is 10.5. The normalized spacial score (nSPS) is 24.3. The minimum atomic E-state index is -3.79. The number of hydrogen-bond acceptors (Lipinski definition) is 7. The fraction of sp³-hybridized carbons (Fsp3) is 0.417. The molecule has 0 N–H and O–H groups in total. The molecular formula is C24H30N2O5S2. The topological polar surface area (TPSA) is 84.0 Å². The minimum Gasteiger partial charge on any atom is -0.497 e. The van der Waals surface area contributed by atoms with Gasteiger partial charge in [-0.15, -0.1) is 0 Å². The van der Waals surface area contributed by atoms with Crippen LogP contribution in [0.1, 0.15) is 5.56 Å². The quantitative estimate of drug-likeness (QED) is 0.587. The molecule has 0 saturated carbocycles. The van der Waals surface area contributed by atoms with E-state index in [-0.39, 0.29) is 16.4 Å². The lowest BCUT2D eigenvalue weighted by atomic mass is 10.1. The van der Waals surface area contributed by atoms with Crippen LogP contribution in [0.3, 0.4) is 0 Å². The first-order chi connectivity index (χ1) is 15.8. The Balaban J connectivity index is 1.42. The Morgan fingerprint density at radius 1 is 0.970 bits per heavy atom. The molecule has 0 radical (unpaired) electrons. The van der Waals surface area contributed by atoms with Gasteiger partial charge >= 0.3 is 0 Å². The molecule has 7 nitrogen and oxygen atoms in total. The summed E-state index contributed by atoms with van der Waals surface area (Å²) in [7, 11) is -5.71. The maximum absolute atomic E-state index is 13.4. The number of rotatable bonds is 7. The SMILES string of the molecule is COc1ccc(S(=O)(=O)[C@H]2CS(=O)(=O)C[C@@H]2N2CCN(C/C=C/c3ccccc3)CC2)cc1. The summed E-state index contributed by atoms with van der Waals surface area (Å²) in [4.78, 5) is 4.49. The molecule has 0 aliphatic carbocycles. The van der Waals surface area contributed by atoms with Crippen LogP contribution >= 0.6 is 0 Å². The van der Waals surface area contributed by atoms with E-state index in [1.165, 1.54) is 19.2 Å². The Labute approximate surface area is 196 Å². The fourth-order valence-corrected chi connectivity index (χ4v) is 9.38. The van der Waals surface area contributed by atoms with E-state index in [2.05, 4.69) is 29.2 Å². The van der Waals surface area contributed by atoms with E-state index in [1.807, 2.05) is 23.1 Å². The second-order valence-corrected chi connectivity index (χ2v) is 12.9. The van der Waals surface area contributed by atoms with E-state index in [0.29, 0.717) is 18.8 Å². The van der Waals surface area contributed by atoms with Crippen molar-refractivity contribution in [3.63, 3.8) is 0 Å². The Morgan fingerprint density at radius 2 is 1.64 bits per heavy atom. The van der Waals surface area contributed by atoms with E-state index in [1.54, 1.807) is 12.1 Å². The van der Waals surface area contributed by atoms with E-state index in [4.69, 9.17) is 4.74 Å². The number of piperazine rings is 1. The van der Waals surface area contributed by atoms with Crippen LogP contribution in [0.25, 0.3) is 6.08 Å². The fourth-order valence-electron chi connectivity index (χ4n) is 4.55. The summed E-state index contributed by atoms with van der Waals surface area (Å²) in [6.45, 7) is 3.64. The monoisotopic (exact) mass is 490 g/mol. The van der Waals surface area contributed by atoms with Gasteiger partial charge in [0.1, 0.15) is 5.75 Å². The van der Waals surface area contributed by atoms with Gasteiger partial charge in [0.25, 0.3) is 0 Å². The average Bonchev–Trinajstić information content (AvgIpc) is 3.16. The molecule has 2 fully saturated rings. The summed E-state index contributed by atoms with van der Waals surface area (Å²) in [5.41, 5.74) is 1.15. The molecule has 0 unspecified atom stereocenters. The van der Waals surface area contributed by atoms with Crippen LogP contribution in [-0.4, -0.2) is 89.3 Å². The first-order valence-corrected chi connectivity index (χ1v) is 14.4. The molecule has 0 aromatic heterocycles. The average molecular weight is 491 g/mol. The molecular weight excluding hydrogens is 460 g/mol. The molecule has 0 spiro atoms. The molecule has 4 rings (SSSR count). The van der Waals surface area contributed by atoms with Crippen LogP contribution in [0.2, 0.25) is 0 Å². The number of hydrogen-bond donors (Lipinski definition) is 0. The molecule has 178 valence electrons. The summed E-state index contributed by atoms with van der Waals surface area (Å²) in [6.07, 6.45) is 4.22. The summed E-state index contributed by atoms with van der Waals surface area (Å²) < 4.78 is 56.8. The lowest BCUT2D eigenvalue weighted by Gasteiger charge is -2.39. The molecule has 2 atom stereocenters. The minimum absolute atomic E-state index is 0.110. The Bertz CT molecular complexity index is 1170. The van der Waals surface area contributed by atoms with Gasteiger partial charge in [0.2, 0.25) is 0 Å². The van der Waals surface area contributed by atoms with Crippen molar-refractivity contribution in [1.82, 2.24) is 9.80 Å². The second-order valence-electron chi connectivity index (χ2n) is 8.55. The van der Waals surface area contributed by atoms with Crippen LogP contribution < -0.4 is 4.74 Å². The Morgan fingerprint density at radius 3 is 2.27 bits per heavy atom. The van der Waals surface area contributed by atoms with Crippen molar-refractivity contribution in [3.8, 4) is 5.75 Å². The third-order valence-electron chi connectivity index (χ3n) is 6.41. The summed E-state index contributed by atoms with van der Waals surface area (Å²) in [5, 5.41) is -0.958. The zero-order chi connectivity index (χ0) is 23.5. The molecule has 33 heavy (non-hydrogen) atoms. The second kappa shape index (κ2) is 9.97. The van der Waals surface area contributed by atoms with Crippen LogP contribution in [0.5, 0.6) is 5.75 Å². The predicted molar refractivity (Wildman–Crippen MR) is 130 cm³/mol. The largest absolute Gasteiger partial charge is 0.497 e. The van der Waals surface area contributed by atoms with Gasteiger partial charge in [0.15, 0.2) is 19.7 Å². The van der Waals surface area contributed by atoms with Crippen molar-refractivity contribution in [2.45, 2.75) is 16.2 Å². The van der Waals surface area contributed by atoms with Gasteiger partial charge in [0, 0.05) is 38.8 Å². The molecule has 9 heteroatoms. The lowest BCUT2D eigenvalue weighted by Crippen LogP contribution is -2.54. The highest BCUT2D eigenvalue weighted by molar-refractivity contribution is 7.96. The number of ether oxygens (including phenoxy) is 1. The van der Waals surface area contributed by atoms with E-state index in [9.17, 15) is 16.8 Å². The van der Waals surface area contributed by atoms with Crippen molar-refractivity contribution < 1.29 is 21.6 Å². The molecule has 2 saturated heterocycles. The van der Waals surface area contributed by atoms with Gasteiger partial charge in [-0.2, -0.15) is 0 Å². The van der Waals surface area contributed by atoms with E-state index < -0.39 is 31.0 Å². The van der Waals surface area contributed by atoms with Crippen molar-refractivity contribution >= 4 is 25.8 Å². The standard InChI is InChI=1S/C24H30N2O5S2/c1-31-21-9-11-22(12-10-21)33(29,30)24-19-32(27,28)18-23(24)26-16-14-25(15-17-26)13-5-8-20-6-3-2-4-7-20/h2-12,23-24H,13-19H2,1H3/b8-5+/t23-,24-/m0/s1. The van der Waals surface area contributed by atoms with Gasteiger partial charge in [-0.05, 0) is 29.8 Å². The summed E-state index contributed by atoms with van der Waals surface area (Å²) >= 11 is 0. The summed E-state index contributed by atoms with van der Waals surface area (Å²) in [5.74, 6) is 0.120. The van der Waals surface area contributed by atoms with Crippen molar-refractivity contribution in [3.05, 3.63) is 66.2 Å². The van der Waals surface area contributed by atoms with Gasteiger partial charge in [-0.1, -0.05) is 42.5 Å². The molecule has 2 aliphatic heterocycles. The van der Waals surface area contributed by atoms with Crippen molar-refractivity contribution in [2.75, 3.05) is 51.3 Å². The highest BCUT2D eigenvalue weighted by Gasteiger charge is 2.48. The van der Waals surface area contributed by atoms with Crippen LogP contribution in [-0.2, 0) is 19.7 Å². The zero-order valence-electron chi connectivity index (χ0n) is 18.7. The summed E-state index contributed by atoms with van der Waals surface area (Å²) in [6, 6.07) is 15.7. The number of nitrogens with zero attached hydrogens (tertiary/aromatic N) is 2. The maximum atomic E-state index is 13.4. The molecule has 2 aromatic rings. The molecule has 2 aliphatic rings. The van der Waals surface area contributed by atoms with Crippen molar-refractivity contribution in [2.24, 2.45) is 0 Å². The molecule has 2 heterocycles. The van der Waals surface area contributed by atoms with Crippen LogP contribution in [0.15, 0.2) is 65.6 Å². The van der Waals surface area contributed by atoms with Gasteiger partial charge in [-0.3, -0.25) is 9.80 Å². The Kier molecular flexibility index (Phi) is 7.23. The smallest absolute Gasteiger partial charge is 0.183 e. The third kappa shape index (κ3) is 5.66. The highest BCUT2D eigenvalue weighted by Crippen LogP contribution is 2.30. The first kappa shape index (κ1) is 23.9. The van der Waals surface area contributed by atoms with Crippen molar-refractivity contribution in [1.29, 1.82) is 0 Å². The number of sulfone groups is 2. The first-order valence-electron chi connectivity index (χ1n) is 11.0. The Hall–Kier alpha value is -2.20. The van der Waals surface area contributed by atoms with Gasteiger partial charge in [-0.25, -0.2) is 16.8 Å². The maximum Gasteiger partial charge on any atom is 0.183 e. The predicted octanol–water partition coefficient (Wildman–Crippen LogP) is 1.97. The molecule has 0 amide bonds. The van der Waals surface area contributed by atoms with Crippen LogP contribution in [0.4, 0.5) is 0 Å². The number of benzene rings is 2. The highest BCUT2D eigenvalue weighted by atomic mass is 32.2.